The summed E-state index contributed by atoms with van der Waals surface area (Å²) >= 11 is 0.860. The maximum Gasteiger partial charge on any atom is 0.481 e. The largest absolute Gasteiger partial charge is 0.481 e. The summed E-state index contributed by atoms with van der Waals surface area (Å²) in [5, 5.41) is 31.2. The smallest absolute Gasteiger partial charge is 0.386 e. The molecule has 1 aliphatic rings. The zero-order chi connectivity index (χ0) is 53.7. The highest BCUT2D eigenvalue weighted by molar-refractivity contribution is 8.13. The number of nitrogens with one attached hydrogen (secondary N) is 4. The number of phosphoric acid groups is 3. The number of imidazole rings is 1. The maximum atomic E-state index is 12.8. The second kappa shape index (κ2) is 30.2. The van der Waals surface area contributed by atoms with Crippen LogP contribution in [0.15, 0.2) is 12.7 Å². The van der Waals surface area contributed by atoms with Crippen molar-refractivity contribution in [1.29, 1.82) is 0 Å². The topological polar surface area (TPSA) is 422 Å². The van der Waals surface area contributed by atoms with Crippen molar-refractivity contribution < 1.29 is 90.1 Å². The highest BCUT2D eigenvalue weighted by atomic mass is 32.2. The average molecular weight is 1110 g/mol. The fourth-order valence-corrected chi connectivity index (χ4v) is 10.4. The second-order valence-electron chi connectivity index (χ2n) is 17.6. The third kappa shape index (κ3) is 22.5. The van der Waals surface area contributed by atoms with Gasteiger partial charge in [-0.25, -0.2) is 28.6 Å². The number of thioether (sulfide) groups is 1. The van der Waals surface area contributed by atoms with Crippen LogP contribution in [0.3, 0.4) is 0 Å². The summed E-state index contributed by atoms with van der Waals surface area (Å²) in [6.45, 7) is 3.62. The lowest BCUT2D eigenvalue weighted by Crippen LogP contribution is -2.46. The van der Waals surface area contributed by atoms with Crippen LogP contribution in [-0.2, 0) is 60.3 Å². The molecular formula is C40H70N9O19P3S. The number of hydrogen-bond donors (Lipinski definition) is 11. The lowest BCUT2D eigenvalue weighted by atomic mass is 9.87. The van der Waals surface area contributed by atoms with Crippen LogP contribution >= 0.6 is 35.2 Å². The summed E-state index contributed by atoms with van der Waals surface area (Å²) < 4.78 is 62.4. The first-order valence-corrected chi connectivity index (χ1v) is 28.9. The van der Waals surface area contributed by atoms with Gasteiger partial charge in [-0.2, -0.15) is 4.31 Å². The molecule has 3 heterocycles. The van der Waals surface area contributed by atoms with Gasteiger partial charge in [-0.1, -0.05) is 96.7 Å². The fraction of sp³-hybridized carbons (Fsp3) is 0.750. The van der Waals surface area contributed by atoms with E-state index in [2.05, 4.69) is 52.0 Å². The number of aromatic nitrogens is 4. The second-order valence-corrected chi connectivity index (χ2v) is 23.0. The Labute approximate surface area is 420 Å². The Balaban J connectivity index is 1.31. The van der Waals surface area contributed by atoms with Gasteiger partial charge in [0.25, 0.3) is 0 Å². The molecule has 4 amide bonds. The third-order valence-electron chi connectivity index (χ3n) is 10.9. The number of amides is 4. The SMILES string of the molecule is CCCCCCCCCCCCCC(=O)N[C@@H](C)C(=O)NCC(=O)SCCNC(=O)CCNC(=O)[C@H](O)C(C)(C)COP(=O)(O)OP(=O)(O)OC[C@H]1O[C@@H](n2cnc3c(N)ncnc32)[C@H](O)[C@@H]1OP(=O)(O)O. The molecule has 3 rings (SSSR count). The first-order valence-electron chi connectivity index (χ1n) is 23.4. The molecule has 410 valence electrons. The van der Waals surface area contributed by atoms with Crippen molar-refractivity contribution in [1.82, 2.24) is 40.8 Å². The number of nitrogens with zero attached hydrogens (tertiary/aromatic N) is 4. The van der Waals surface area contributed by atoms with Crippen LogP contribution in [0, 0.1) is 5.41 Å². The van der Waals surface area contributed by atoms with Gasteiger partial charge in [0, 0.05) is 37.1 Å². The molecule has 28 nitrogen and oxygen atoms in total. The fourth-order valence-electron chi connectivity index (χ4n) is 6.99. The molecule has 0 bridgehead atoms. The molecule has 72 heavy (non-hydrogen) atoms. The van der Waals surface area contributed by atoms with Gasteiger partial charge >= 0.3 is 23.5 Å². The molecule has 32 heteroatoms. The molecule has 1 fully saturated rings. The number of unbranched alkanes of at least 4 members (excludes halogenated alkanes) is 10. The van der Waals surface area contributed by atoms with Crippen molar-refractivity contribution in [3.63, 3.8) is 0 Å². The molecule has 12 N–H and O–H groups in total. The van der Waals surface area contributed by atoms with E-state index < -0.39 is 96.5 Å². The summed E-state index contributed by atoms with van der Waals surface area (Å²) in [6, 6.07) is -0.828. The van der Waals surface area contributed by atoms with Gasteiger partial charge in [0.2, 0.25) is 28.7 Å². The molecule has 2 unspecified atom stereocenters. The molecule has 2 aromatic heterocycles. The normalized spacial score (nSPS) is 19.8. The molecule has 0 aliphatic carbocycles. The van der Waals surface area contributed by atoms with E-state index in [1.165, 1.54) is 65.7 Å². The van der Waals surface area contributed by atoms with E-state index in [4.69, 9.17) is 19.5 Å². The van der Waals surface area contributed by atoms with Gasteiger partial charge in [0.15, 0.2) is 17.7 Å². The molecule has 0 spiro atoms. The first kappa shape index (κ1) is 62.8. The molecule has 1 saturated heterocycles. The van der Waals surface area contributed by atoms with Crippen LogP contribution in [0.4, 0.5) is 5.82 Å². The molecule has 0 aromatic carbocycles. The number of aliphatic hydroxyl groups excluding tert-OH is 2. The summed E-state index contributed by atoms with van der Waals surface area (Å²) in [6.07, 6.45) is 5.92. The van der Waals surface area contributed by atoms with Gasteiger partial charge in [0.1, 0.15) is 42.3 Å². The zero-order valence-electron chi connectivity index (χ0n) is 40.7. The molecule has 0 radical (unpaired) electrons. The number of fused-ring (bicyclic) bond motifs is 1. The first-order chi connectivity index (χ1) is 33.8. The van der Waals surface area contributed by atoms with E-state index in [9.17, 15) is 67.5 Å². The zero-order valence-corrected chi connectivity index (χ0v) is 44.2. The number of carbonyl (C=O) groups is 5. The minimum atomic E-state index is -5.61. The minimum absolute atomic E-state index is 0.0186. The highest BCUT2D eigenvalue weighted by Crippen LogP contribution is 2.61. The van der Waals surface area contributed by atoms with Crippen molar-refractivity contribution in [2.45, 2.75) is 148 Å². The number of aliphatic hydroxyl groups is 2. The van der Waals surface area contributed by atoms with Crippen molar-refractivity contribution in [3.8, 4) is 0 Å². The highest BCUT2D eigenvalue weighted by Gasteiger charge is 2.50. The van der Waals surface area contributed by atoms with Gasteiger partial charge < -0.3 is 61.5 Å². The number of phosphoric ester groups is 3. The lowest BCUT2D eigenvalue weighted by molar-refractivity contribution is -0.137. The molecule has 2 aromatic rings. The van der Waals surface area contributed by atoms with Crippen molar-refractivity contribution in [2.75, 3.05) is 44.3 Å². The summed E-state index contributed by atoms with van der Waals surface area (Å²) in [5.74, 6) is -2.18. The van der Waals surface area contributed by atoms with Crippen molar-refractivity contribution >= 4 is 81.0 Å². The number of hydrogen-bond acceptors (Lipinski definition) is 20. The van der Waals surface area contributed by atoms with Gasteiger partial charge in [-0.15, -0.1) is 0 Å². The summed E-state index contributed by atoms with van der Waals surface area (Å²) in [4.78, 5) is 113. The number of carbonyl (C=O) groups excluding carboxylic acids is 5. The van der Waals surface area contributed by atoms with E-state index in [1.807, 2.05) is 0 Å². The Morgan fingerprint density at radius 3 is 2.11 bits per heavy atom. The number of nitrogens with two attached hydrogens (primary N) is 1. The van der Waals surface area contributed by atoms with Crippen LogP contribution < -0.4 is 27.0 Å². The molecule has 0 saturated carbocycles. The van der Waals surface area contributed by atoms with E-state index in [1.54, 1.807) is 0 Å². The number of nitrogen functional groups attached to an aromatic ring is 1. The van der Waals surface area contributed by atoms with Gasteiger partial charge in [-0.3, -0.25) is 42.1 Å². The van der Waals surface area contributed by atoms with E-state index in [0.717, 1.165) is 54.7 Å². The third-order valence-corrected chi connectivity index (χ3v) is 14.9. The lowest BCUT2D eigenvalue weighted by Gasteiger charge is -2.30. The Bertz CT molecular complexity index is 2240. The minimum Gasteiger partial charge on any atom is -0.386 e. The predicted molar refractivity (Wildman–Crippen MR) is 259 cm³/mol. The molecular weight excluding hydrogens is 1040 g/mol. The van der Waals surface area contributed by atoms with Crippen molar-refractivity contribution in [2.24, 2.45) is 5.41 Å². The van der Waals surface area contributed by atoms with Crippen LogP contribution in [0.1, 0.15) is 117 Å². The van der Waals surface area contributed by atoms with Crippen molar-refractivity contribution in [3.05, 3.63) is 12.7 Å². The Morgan fingerprint density at radius 1 is 0.847 bits per heavy atom. The Hall–Kier alpha value is -3.50. The number of ether oxygens (including phenoxy) is 1. The molecule has 8 atom stereocenters. The monoisotopic (exact) mass is 1110 g/mol. The van der Waals surface area contributed by atoms with Crippen LogP contribution in [0.2, 0.25) is 0 Å². The number of rotatable bonds is 35. The summed E-state index contributed by atoms with van der Waals surface area (Å²) in [7, 11) is -16.5. The Kier molecular flexibility index (Phi) is 26.3. The summed E-state index contributed by atoms with van der Waals surface area (Å²) in [5.41, 5.74) is 4.21. The van der Waals surface area contributed by atoms with Crippen LogP contribution in [0.5, 0.6) is 0 Å². The van der Waals surface area contributed by atoms with Crippen LogP contribution in [-0.4, -0.2) is 147 Å². The Morgan fingerprint density at radius 2 is 1.47 bits per heavy atom. The van der Waals surface area contributed by atoms with Gasteiger partial charge in [-0.05, 0) is 13.3 Å². The predicted octanol–water partition coefficient (Wildman–Crippen LogP) is 1.99. The van der Waals surface area contributed by atoms with Gasteiger partial charge in [0.05, 0.1) is 26.1 Å². The maximum absolute atomic E-state index is 12.8. The molecule has 1 aliphatic heterocycles. The quantitative estimate of drug-likeness (QED) is 0.0347. The number of anilines is 1. The van der Waals surface area contributed by atoms with E-state index >= 15 is 0 Å². The van der Waals surface area contributed by atoms with Crippen LogP contribution in [0.25, 0.3) is 11.2 Å². The van der Waals surface area contributed by atoms with E-state index in [-0.39, 0.29) is 59.8 Å². The standard InChI is InChI=1S/C40H70N9O19P3S/c1-5-6-7-8-9-10-11-12-13-14-15-16-29(51)48-26(2)37(55)44-21-30(52)72-20-19-42-28(50)17-18-43-38(56)34(54)40(3,4)23-65-71(62,63)68-70(60,61)64-22-27-33(67-69(57,58)59)32(53)39(66-27)49-25-47-31-35(41)45-24-46-36(31)49/h24-27,32-34,39,53-54H,5-23H2,1-4H3,(H,42,50)(H,43,56)(H,44,55)(H,48,51)(H,60,61)(H,62,63)(H2,41,45,46)(H2,57,58,59)/t26-,27+,32+,33+,34-,39+/m0/s1. The van der Waals surface area contributed by atoms with E-state index in [0.29, 0.717) is 6.42 Å². The average Bonchev–Trinajstić information content (AvgIpc) is 3.86.